The van der Waals surface area contributed by atoms with Gasteiger partial charge in [0, 0.05) is 29.7 Å². The van der Waals surface area contributed by atoms with Crippen molar-refractivity contribution in [3.05, 3.63) is 65.5 Å². The predicted octanol–water partition coefficient (Wildman–Crippen LogP) is 5.79. The monoisotopic (exact) mass is 393 g/mol. The summed E-state index contributed by atoms with van der Waals surface area (Å²) in [5, 5.41) is 6.19. The summed E-state index contributed by atoms with van der Waals surface area (Å²) in [6, 6.07) is 17.9. The highest BCUT2D eigenvalue weighted by Gasteiger charge is 2.18. The van der Waals surface area contributed by atoms with E-state index in [4.69, 9.17) is 4.98 Å². The van der Waals surface area contributed by atoms with Crippen LogP contribution in [-0.4, -0.2) is 24.0 Å². The number of carbonyl (C=O) groups excluding carboxylic acids is 1. The summed E-state index contributed by atoms with van der Waals surface area (Å²) in [6.45, 7) is 8.20. The van der Waals surface area contributed by atoms with Crippen LogP contribution in [0.25, 0.3) is 11.3 Å². The molecule has 4 nitrogen and oxygen atoms in total. The number of anilines is 2. The van der Waals surface area contributed by atoms with Crippen molar-refractivity contribution < 1.29 is 4.79 Å². The molecule has 0 bridgehead atoms. The first-order valence-corrected chi connectivity index (χ1v) is 10.7. The van der Waals surface area contributed by atoms with E-state index in [9.17, 15) is 4.79 Å². The molecule has 28 heavy (non-hydrogen) atoms. The van der Waals surface area contributed by atoms with Crippen LogP contribution in [0.5, 0.6) is 0 Å². The molecule has 0 aliphatic heterocycles. The Morgan fingerprint density at radius 3 is 2.50 bits per heavy atom. The Balaban J connectivity index is 1.77. The molecule has 0 aliphatic rings. The maximum atomic E-state index is 12.8. The number of benzene rings is 2. The molecule has 1 atom stereocenters. The highest BCUT2D eigenvalue weighted by Crippen LogP contribution is 2.29. The first kappa shape index (κ1) is 20.1. The minimum absolute atomic E-state index is 0.0213. The fourth-order valence-electron chi connectivity index (χ4n) is 3.28. The van der Waals surface area contributed by atoms with Gasteiger partial charge in [-0.2, -0.15) is 0 Å². The average molecular weight is 394 g/mol. The summed E-state index contributed by atoms with van der Waals surface area (Å²) in [5.41, 5.74) is 3.80. The fourth-order valence-corrected chi connectivity index (χ4v) is 4.24. The highest BCUT2D eigenvalue weighted by atomic mass is 32.1. The number of hydrogen-bond acceptors (Lipinski definition) is 4. The molecule has 5 heteroatoms. The Hall–Kier alpha value is -2.66. The van der Waals surface area contributed by atoms with Crippen molar-refractivity contribution in [2.45, 2.75) is 33.1 Å². The Bertz CT molecular complexity index is 903. The van der Waals surface area contributed by atoms with Crippen LogP contribution in [0.4, 0.5) is 10.8 Å². The Labute approximate surface area is 171 Å². The zero-order valence-corrected chi connectivity index (χ0v) is 17.5. The summed E-state index contributed by atoms with van der Waals surface area (Å²) in [4.78, 5) is 19.8. The lowest BCUT2D eigenvalue weighted by molar-refractivity contribution is -0.117. The van der Waals surface area contributed by atoms with Crippen LogP contribution in [0, 0.1) is 0 Å². The number of nitrogens with one attached hydrogen (secondary N) is 1. The maximum absolute atomic E-state index is 12.8. The third-order valence-electron chi connectivity index (χ3n) is 4.88. The molecule has 0 spiro atoms. The number of hydrogen-bond donors (Lipinski definition) is 1. The smallest absolute Gasteiger partial charge is 0.231 e. The zero-order chi connectivity index (χ0) is 19.9. The van der Waals surface area contributed by atoms with Gasteiger partial charge in [0.25, 0.3) is 0 Å². The lowest BCUT2D eigenvalue weighted by Crippen LogP contribution is -2.21. The van der Waals surface area contributed by atoms with Crippen molar-refractivity contribution in [1.29, 1.82) is 0 Å². The van der Waals surface area contributed by atoms with Crippen molar-refractivity contribution >= 4 is 28.1 Å². The molecule has 1 amide bonds. The molecular weight excluding hydrogens is 366 g/mol. The third kappa shape index (κ3) is 4.60. The van der Waals surface area contributed by atoms with Crippen LogP contribution in [-0.2, 0) is 4.79 Å². The molecule has 3 aromatic rings. The van der Waals surface area contributed by atoms with Crippen LogP contribution in [0.1, 0.15) is 38.7 Å². The van der Waals surface area contributed by atoms with Gasteiger partial charge in [-0.05, 0) is 38.0 Å². The van der Waals surface area contributed by atoms with E-state index in [0.29, 0.717) is 0 Å². The average Bonchev–Trinajstić information content (AvgIpc) is 3.20. The largest absolute Gasteiger partial charge is 0.349 e. The Kier molecular flexibility index (Phi) is 6.82. The number of rotatable bonds is 8. The zero-order valence-electron chi connectivity index (χ0n) is 16.7. The van der Waals surface area contributed by atoms with E-state index in [1.165, 1.54) is 0 Å². The van der Waals surface area contributed by atoms with E-state index in [-0.39, 0.29) is 11.8 Å². The van der Waals surface area contributed by atoms with Crippen LogP contribution in [0.15, 0.2) is 60.0 Å². The molecule has 1 N–H and O–H groups in total. The number of nitrogens with zero attached hydrogens (tertiary/aromatic N) is 2. The molecule has 146 valence electrons. The first-order chi connectivity index (χ1) is 13.7. The molecule has 1 unspecified atom stereocenters. The molecule has 0 saturated carbocycles. The van der Waals surface area contributed by atoms with Gasteiger partial charge in [0.15, 0.2) is 5.13 Å². The van der Waals surface area contributed by atoms with Crippen LogP contribution < -0.4 is 10.2 Å². The predicted molar refractivity (Wildman–Crippen MR) is 119 cm³/mol. The number of thiazole rings is 1. The molecule has 0 fully saturated rings. The number of aromatic nitrogens is 1. The minimum atomic E-state index is -0.154. The third-order valence-corrected chi connectivity index (χ3v) is 5.78. The lowest BCUT2D eigenvalue weighted by atomic mass is 9.95. The van der Waals surface area contributed by atoms with Crippen LogP contribution in [0.3, 0.4) is 0 Å². The number of carbonyl (C=O) groups is 1. The van der Waals surface area contributed by atoms with Crippen molar-refractivity contribution in [3.8, 4) is 11.3 Å². The second-order valence-electron chi connectivity index (χ2n) is 6.63. The van der Waals surface area contributed by atoms with Crippen molar-refractivity contribution in [3.63, 3.8) is 0 Å². The maximum Gasteiger partial charge on any atom is 0.231 e. The molecule has 0 saturated heterocycles. The van der Waals surface area contributed by atoms with Crippen LogP contribution >= 0.6 is 11.3 Å². The molecule has 1 aromatic heterocycles. The Morgan fingerprint density at radius 1 is 1.07 bits per heavy atom. The van der Waals surface area contributed by atoms with Crippen molar-refractivity contribution in [1.82, 2.24) is 4.98 Å². The second-order valence-corrected chi connectivity index (χ2v) is 7.47. The molecule has 3 rings (SSSR count). The molecule has 0 aliphatic carbocycles. The summed E-state index contributed by atoms with van der Waals surface area (Å²) in [6.07, 6.45) is 0.759. The van der Waals surface area contributed by atoms with E-state index in [2.05, 4.69) is 29.4 Å². The second kappa shape index (κ2) is 9.51. The van der Waals surface area contributed by atoms with E-state index >= 15 is 0 Å². The van der Waals surface area contributed by atoms with Gasteiger partial charge in [0.1, 0.15) is 0 Å². The van der Waals surface area contributed by atoms with Gasteiger partial charge in [0.2, 0.25) is 5.91 Å². The van der Waals surface area contributed by atoms with E-state index < -0.39 is 0 Å². The minimum Gasteiger partial charge on any atom is -0.349 e. The standard InChI is InChI=1S/C23H27N3OS/c1-4-20(17-11-8-7-9-12-17)22(27)24-19-14-10-13-18(15-19)21-16-28-23(25-21)26(5-2)6-3/h7-16,20H,4-6H2,1-3H3,(H,24,27). The van der Waals surface area contributed by atoms with Gasteiger partial charge in [-0.15, -0.1) is 11.3 Å². The number of amides is 1. The van der Waals surface area contributed by atoms with E-state index in [1.807, 2.05) is 61.5 Å². The van der Waals surface area contributed by atoms with Gasteiger partial charge in [-0.3, -0.25) is 4.79 Å². The molecule has 0 radical (unpaired) electrons. The quantitative estimate of drug-likeness (QED) is 0.527. The highest BCUT2D eigenvalue weighted by molar-refractivity contribution is 7.14. The summed E-state index contributed by atoms with van der Waals surface area (Å²) < 4.78 is 0. The topological polar surface area (TPSA) is 45.2 Å². The van der Waals surface area contributed by atoms with E-state index in [1.54, 1.807) is 11.3 Å². The van der Waals surface area contributed by atoms with Crippen molar-refractivity contribution in [2.24, 2.45) is 0 Å². The van der Waals surface area contributed by atoms with Gasteiger partial charge in [-0.1, -0.05) is 49.4 Å². The summed E-state index contributed by atoms with van der Waals surface area (Å²) in [7, 11) is 0. The van der Waals surface area contributed by atoms with Crippen molar-refractivity contribution in [2.75, 3.05) is 23.3 Å². The Morgan fingerprint density at radius 2 is 1.82 bits per heavy atom. The first-order valence-electron chi connectivity index (χ1n) is 9.82. The van der Waals surface area contributed by atoms with Gasteiger partial charge in [-0.25, -0.2) is 4.98 Å². The van der Waals surface area contributed by atoms with Gasteiger partial charge < -0.3 is 10.2 Å². The van der Waals surface area contributed by atoms with Crippen LogP contribution in [0.2, 0.25) is 0 Å². The normalized spacial score (nSPS) is 11.8. The van der Waals surface area contributed by atoms with Gasteiger partial charge in [0.05, 0.1) is 11.6 Å². The summed E-state index contributed by atoms with van der Waals surface area (Å²) >= 11 is 1.65. The lowest BCUT2D eigenvalue weighted by Gasteiger charge is -2.16. The summed E-state index contributed by atoms with van der Waals surface area (Å²) in [5.74, 6) is -0.133. The molecule has 2 aromatic carbocycles. The molecule has 1 heterocycles. The fraction of sp³-hybridized carbons (Fsp3) is 0.304. The SMILES string of the molecule is CCC(C(=O)Nc1cccc(-c2csc(N(CC)CC)n2)c1)c1ccccc1. The molecular formula is C23H27N3OS. The van der Waals surface area contributed by atoms with E-state index in [0.717, 1.165) is 47.2 Å². The van der Waals surface area contributed by atoms with Gasteiger partial charge >= 0.3 is 0 Å².